The second-order valence-electron chi connectivity index (χ2n) is 8.55. The number of benzene rings is 3. The summed E-state index contributed by atoms with van der Waals surface area (Å²) in [6.07, 6.45) is 0.521. The molecule has 1 aliphatic rings. The van der Waals surface area contributed by atoms with Gasteiger partial charge >= 0.3 is 12.0 Å². The van der Waals surface area contributed by atoms with E-state index in [0.29, 0.717) is 6.42 Å². The van der Waals surface area contributed by atoms with Crippen LogP contribution >= 0.6 is 11.9 Å². The molecule has 3 aromatic rings. The summed E-state index contributed by atoms with van der Waals surface area (Å²) in [5, 5.41) is 20.8. The van der Waals surface area contributed by atoms with Crippen molar-refractivity contribution in [2.75, 3.05) is 12.0 Å². The fourth-order valence-corrected chi connectivity index (χ4v) is 6.72. The van der Waals surface area contributed by atoms with Gasteiger partial charge in [0.1, 0.15) is 11.7 Å². The van der Waals surface area contributed by atoms with Gasteiger partial charge in [0.2, 0.25) is 10.0 Å². The number of sulfonamides is 1. The molecule has 1 fully saturated rings. The number of aliphatic carboxylic acids is 1. The number of nitrogens with zero attached hydrogens (tertiary/aromatic N) is 2. The minimum Gasteiger partial charge on any atom is -0.480 e. The Kier molecular flexibility index (Phi) is 8.69. The molecule has 0 aliphatic carbocycles. The van der Waals surface area contributed by atoms with Crippen molar-refractivity contribution in [3.8, 4) is 0 Å². The summed E-state index contributed by atoms with van der Waals surface area (Å²) >= 11 is 1.14. The first kappa shape index (κ1) is 27.9. The lowest BCUT2D eigenvalue weighted by Crippen LogP contribution is -2.40. The van der Waals surface area contributed by atoms with Crippen molar-refractivity contribution in [2.45, 2.75) is 29.0 Å². The zero-order valence-corrected chi connectivity index (χ0v) is 22.0. The Labute approximate surface area is 228 Å². The first-order valence-corrected chi connectivity index (χ1v) is 14.1. The number of hydrogen-bond donors (Lipinski definition) is 4. The Morgan fingerprint density at radius 2 is 1.64 bits per heavy atom. The van der Waals surface area contributed by atoms with Gasteiger partial charge in [-0.2, -0.15) is 4.31 Å². The van der Waals surface area contributed by atoms with Crippen molar-refractivity contribution in [2.24, 2.45) is 0 Å². The zero-order chi connectivity index (χ0) is 28.0. The number of rotatable bonds is 10. The summed E-state index contributed by atoms with van der Waals surface area (Å²) < 4.78 is 29.5. The van der Waals surface area contributed by atoms with Crippen molar-refractivity contribution < 1.29 is 28.0 Å². The summed E-state index contributed by atoms with van der Waals surface area (Å²) in [4.78, 5) is 34.5. The van der Waals surface area contributed by atoms with Gasteiger partial charge in [-0.3, -0.25) is 30.5 Å². The van der Waals surface area contributed by atoms with E-state index in [1.54, 1.807) is 0 Å². The molecule has 39 heavy (non-hydrogen) atoms. The number of carbonyl (C=O) groups excluding carboxylic acids is 1. The molecule has 0 radical (unpaired) electrons. The average Bonchev–Trinajstić information content (AvgIpc) is 3.45. The molecule has 4 rings (SSSR count). The number of urea groups is 1. The molecule has 1 atom stereocenters. The van der Waals surface area contributed by atoms with Gasteiger partial charge in [-0.15, -0.1) is 0 Å². The molecule has 4 N–H and O–H groups in total. The first-order chi connectivity index (χ1) is 18.7. The average molecular weight is 572 g/mol. The molecule has 14 heteroatoms. The minimum atomic E-state index is -4.29. The normalized spacial score (nSPS) is 15.6. The van der Waals surface area contributed by atoms with Crippen LogP contribution in [-0.4, -0.2) is 47.3 Å². The monoisotopic (exact) mass is 571 g/mol. The Morgan fingerprint density at radius 1 is 1.03 bits per heavy atom. The Hall–Kier alpha value is -4.14. The topological polar surface area (TPSA) is 171 Å². The third-order valence-electron chi connectivity index (χ3n) is 6.05. The molecular weight excluding hydrogens is 546 g/mol. The summed E-state index contributed by atoms with van der Waals surface area (Å²) in [7, 11) is -4.29. The number of amides is 2. The molecule has 0 aromatic heterocycles. The summed E-state index contributed by atoms with van der Waals surface area (Å²) in [6.45, 7) is -0.000546. The maximum atomic E-state index is 13.0. The molecule has 1 saturated heterocycles. The number of carboxylic acid groups (broad SMARTS) is 1. The van der Waals surface area contributed by atoms with Crippen LogP contribution in [0.25, 0.3) is 0 Å². The van der Waals surface area contributed by atoms with Crippen molar-refractivity contribution in [1.29, 1.82) is 0 Å². The van der Waals surface area contributed by atoms with Crippen molar-refractivity contribution >= 4 is 45.3 Å². The molecular formula is C25H25N5O7S2. The Bertz CT molecular complexity index is 1420. The van der Waals surface area contributed by atoms with E-state index >= 15 is 0 Å². The molecule has 1 heterocycles. The lowest BCUT2D eigenvalue weighted by molar-refractivity contribution is -0.384. The van der Waals surface area contributed by atoms with Crippen LogP contribution in [0.15, 0.2) is 83.8 Å². The van der Waals surface area contributed by atoms with Crippen molar-refractivity contribution in [3.63, 3.8) is 0 Å². The molecule has 0 unspecified atom stereocenters. The van der Waals surface area contributed by atoms with E-state index in [4.69, 9.17) is 0 Å². The number of nitro benzene ring substituents is 1. The second-order valence-corrected chi connectivity index (χ2v) is 11.4. The fourth-order valence-electron chi connectivity index (χ4n) is 4.18. The SMILES string of the molecule is O=C(NNc1ccc(S(=O)(=O)N2CCC[C@H]2C(=O)O)cc1[N+](=O)[O-])NSC(c1ccccc1)c1ccccc1. The van der Waals surface area contributed by atoms with Gasteiger partial charge in [-0.1, -0.05) is 60.7 Å². The zero-order valence-electron chi connectivity index (χ0n) is 20.4. The maximum Gasteiger partial charge on any atom is 0.343 e. The lowest BCUT2D eigenvalue weighted by Gasteiger charge is -2.21. The standard InChI is InChI=1S/C25H25N5O7S2/c31-24(32)21-12-7-15-29(21)39(36,37)19-13-14-20(22(16-19)30(34)35)26-27-25(33)28-38-23(17-8-3-1-4-9-17)18-10-5-2-6-11-18/h1-6,8-11,13-14,16,21,23,26H,7,12,15H2,(H,31,32)(H2,27,28,33)/t21-/m0/s1. The van der Waals surface area contributed by atoms with Gasteiger partial charge in [-0.25, -0.2) is 13.2 Å². The highest BCUT2D eigenvalue weighted by Gasteiger charge is 2.40. The molecule has 0 spiro atoms. The number of nitro groups is 1. The van der Waals surface area contributed by atoms with E-state index in [2.05, 4.69) is 15.6 Å². The number of carbonyl (C=O) groups is 2. The number of hydrogen-bond acceptors (Lipinski definition) is 8. The van der Waals surface area contributed by atoms with Crippen LogP contribution in [0.4, 0.5) is 16.2 Å². The van der Waals surface area contributed by atoms with Gasteiger partial charge in [0, 0.05) is 12.6 Å². The minimum absolute atomic E-state index is 0.000546. The Morgan fingerprint density at radius 3 is 2.21 bits per heavy atom. The number of carboxylic acids is 1. The van der Waals surface area contributed by atoms with Gasteiger partial charge in [0.15, 0.2) is 0 Å². The molecule has 12 nitrogen and oxygen atoms in total. The quantitative estimate of drug-likeness (QED) is 0.160. The highest BCUT2D eigenvalue weighted by atomic mass is 32.2. The smallest absolute Gasteiger partial charge is 0.343 e. The van der Waals surface area contributed by atoms with Crippen molar-refractivity contribution in [1.82, 2.24) is 14.5 Å². The van der Waals surface area contributed by atoms with Gasteiger partial charge in [0.05, 0.1) is 15.1 Å². The number of hydrazine groups is 1. The third-order valence-corrected chi connectivity index (χ3v) is 9.03. The molecule has 2 amide bonds. The van der Waals surface area contributed by atoms with Crippen LogP contribution in [0.5, 0.6) is 0 Å². The van der Waals surface area contributed by atoms with Gasteiger partial charge in [-0.05, 0) is 48.0 Å². The lowest BCUT2D eigenvalue weighted by atomic mass is 10.0. The van der Waals surface area contributed by atoms with E-state index < -0.39 is 43.6 Å². The number of nitrogens with one attached hydrogen (secondary N) is 3. The van der Waals surface area contributed by atoms with Crippen LogP contribution in [0.2, 0.25) is 0 Å². The molecule has 3 aromatic carbocycles. The largest absolute Gasteiger partial charge is 0.480 e. The molecule has 0 bridgehead atoms. The first-order valence-electron chi connectivity index (χ1n) is 11.8. The van der Waals surface area contributed by atoms with Crippen LogP contribution in [0.3, 0.4) is 0 Å². The van der Waals surface area contributed by atoms with E-state index in [9.17, 15) is 33.2 Å². The molecule has 204 valence electrons. The van der Waals surface area contributed by atoms with Crippen molar-refractivity contribution in [3.05, 3.63) is 100 Å². The van der Waals surface area contributed by atoms with E-state index in [1.807, 2.05) is 60.7 Å². The van der Waals surface area contributed by atoms with Crippen LogP contribution in [-0.2, 0) is 14.8 Å². The van der Waals surface area contributed by atoms with Gasteiger partial charge in [0.25, 0.3) is 5.69 Å². The predicted molar refractivity (Wildman–Crippen MR) is 145 cm³/mol. The van der Waals surface area contributed by atoms with E-state index in [1.165, 1.54) is 0 Å². The highest BCUT2D eigenvalue weighted by molar-refractivity contribution is 7.98. The molecule has 0 saturated carbocycles. The summed E-state index contributed by atoms with van der Waals surface area (Å²) in [5.74, 6) is -1.28. The highest BCUT2D eigenvalue weighted by Crippen LogP contribution is 2.34. The third kappa shape index (κ3) is 6.47. The van der Waals surface area contributed by atoms with Crippen LogP contribution < -0.4 is 15.6 Å². The maximum absolute atomic E-state index is 13.0. The number of anilines is 1. The van der Waals surface area contributed by atoms with Gasteiger partial charge < -0.3 is 5.11 Å². The predicted octanol–water partition coefficient (Wildman–Crippen LogP) is 3.90. The van der Waals surface area contributed by atoms with Crippen LogP contribution in [0.1, 0.15) is 29.2 Å². The summed E-state index contributed by atoms with van der Waals surface area (Å²) in [6, 6.07) is 20.2. The fraction of sp³-hybridized carbons (Fsp3) is 0.200. The molecule has 1 aliphatic heterocycles. The summed E-state index contributed by atoms with van der Waals surface area (Å²) in [5.41, 5.74) is 5.93. The van der Waals surface area contributed by atoms with E-state index in [-0.39, 0.29) is 23.9 Å². The Balaban J connectivity index is 1.45. The van der Waals surface area contributed by atoms with Crippen LogP contribution in [0, 0.1) is 10.1 Å². The van der Waals surface area contributed by atoms with E-state index in [0.717, 1.165) is 45.6 Å². The second kappa shape index (κ2) is 12.1.